The van der Waals surface area contributed by atoms with Crippen molar-refractivity contribution < 1.29 is 9.90 Å². The summed E-state index contributed by atoms with van der Waals surface area (Å²) in [6.07, 6.45) is 8.60. The lowest BCUT2D eigenvalue weighted by Crippen LogP contribution is -2.33. The van der Waals surface area contributed by atoms with Crippen LogP contribution >= 0.6 is 12.2 Å². The standard InChI is InChI=1S/C17H32N2O2SSi/c1-23(2,3)12-10-17(8-5-4-6-9-17)13-15(19-14-22)7-11-18-16(20)21/h15,18H,4-13H2,1-3H3,(H,20,21). The molecule has 0 bridgehead atoms. The lowest BCUT2D eigenvalue weighted by Gasteiger charge is -2.40. The fraction of sp³-hybridized carbons (Fsp3) is 0.882. The Morgan fingerprint density at radius 3 is 2.52 bits per heavy atom. The minimum absolute atomic E-state index is 0.0964. The van der Waals surface area contributed by atoms with Gasteiger partial charge in [0.1, 0.15) is 0 Å². The summed E-state index contributed by atoms with van der Waals surface area (Å²) in [4.78, 5) is 15.0. The first-order valence-corrected chi connectivity index (χ1v) is 12.9. The Kier molecular flexibility index (Phi) is 8.44. The van der Waals surface area contributed by atoms with Gasteiger partial charge in [0, 0.05) is 14.6 Å². The van der Waals surface area contributed by atoms with Gasteiger partial charge in [0.25, 0.3) is 0 Å². The third kappa shape index (κ3) is 8.63. The fourth-order valence-corrected chi connectivity index (χ4v) is 5.06. The Bertz CT molecular complexity index is 425. The first kappa shape index (κ1) is 20.3. The van der Waals surface area contributed by atoms with Gasteiger partial charge in [-0.3, -0.25) is 0 Å². The van der Waals surface area contributed by atoms with Gasteiger partial charge < -0.3 is 10.4 Å². The van der Waals surface area contributed by atoms with E-state index in [1.165, 1.54) is 44.6 Å². The maximum atomic E-state index is 10.6. The number of carbonyl (C=O) groups is 1. The molecule has 0 aliphatic heterocycles. The number of rotatable bonds is 9. The molecule has 1 fully saturated rings. The van der Waals surface area contributed by atoms with Crippen molar-refractivity contribution in [1.29, 1.82) is 0 Å². The molecule has 1 aliphatic rings. The average molecular weight is 357 g/mol. The van der Waals surface area contributed by atoms with Crippen molar-refractivity contribution in [2.75, 3.05) is 6.54 Å². The molecule has 0 spiro atoms. The van der Waals surface area contributed by atoms with Gasteiger partial charge in [0.2, 0.25) is 0 Å². The van der Waals surface area contributed by atoms with Crippen LogP contribution in [0.2, 0.25) is 25.7 Å². The number of nitrogens with zero attached hydrogens (tertiary/aromatic N) is 1. The molecule has 4 nitrogen and oxygen atoms in total. The average Bonchev–Trinajstić information content (AvgIpc) is 2.45. The van der Waals surface area contributed by atoms with E-state index < -0.39 is 14.2 Å². The SMILES string of the molecule is C[Si](C)(C)CCC1(CC(CCNC(=O)O)N=C=S)CCCCC1. The Morgan fingerprint density at radius 1 is 1.35 bits per heavy atom. The van der Waals surface area contributed by atoms with Gasteiger partial charge in [0.15, 0.2) is 0 Å². The van der Waals surface area contributed by atoms with E-state index in [-0.39, 0.29) is 6.04 Å². The minimum Gasteiger partial charge on any atom is -0.465 e. The van der Waals surface area contributed by atoms with E-state index in [4.69, 9.17) is 17.3 Å². The van der Waals surface area contributed by atoms with E-state index in [1.807, 2.05) is 0 Å². The highest BCUT2D eigenvalue weighted by molar-refractivity contribution is 7.78. The molecule has 0 aromatic heterocycles. The zero-order chi connectivity index (χ0) is 17.3. The van der Waals surface area contributed by atoms with E-state index in [0.717, 1.165) is 6.42 Å². The molecular formula is C17H32N2O2SSi. The van der Waals surface area contributed by atoms with E-state index in [9.17, 15) is 4.79 Å². The number of hydrogen-bond donors (Lipinski definition) is 2. The predicted octanol–water partition coefficient (Wildman–Crippen LogP) is 5.18. The second-order valence-electron chi connectivity index (χ2n) is 8.22. The highest BCUT2D eigenvalue weighted by Crippen LogP contribution is 2.45. The van der Waals surface area contributed by atoms with Crippen LogP contribution in [0.1, 0.15) is 51.4 Å². The van der Waals surface area contributed by atoms with Crippen LogP contribution in [0.3, 0.4) is 0 Å². The second kappa shape index (κ2) is 9.55. The molecule has 23 heavy (non-hydrogen) atoms. The first-order valence-electron chi connectivity index (χ1n) is 8.80. The summed E-state index contributed by atoms with van der Waals surface area (Å²) < 4.78 is 0. The van der Waals surface area contributed by atoms with Crippen molar-refractivity contribution in [3.8, 4) is 0 Å². The molecule has 1 saturated carbocycles. The lowest BCUT2D eigenvalue weighted by atomic mass is 9.68. The van der Waals surface area contributed by atoms with Crippen molar-refractivity contribution in [2.24, 2.45) is 10.4 Å². The maximum Gasteiger partial charge on any atom is 0.404 e. The number of carboxylic acid groups (broad SMARTS) is 1. The quantitative estimate of drug-likeness (QED) is 0.340. The number of hydrogen-bond acceptors (Lipinski definition) is 3. The molecule has 1 amide bonds. The van der Waals surface area contributed by atoms with Gasteiger partial charge in [-0.1, -0.05) is 44.9 Å². The van der Waals surface area contributed by atoms with Crippen LogP contribution < -0.4 is 5.32 Å². The molecule has 0 saturated heterocycles. The molecule has 6 heteroatoms. The predicted molar refractivity (Wildman–Crippen MR) is 102 cm³/mol. The fourth-order valence-electron chi connectivity index (χ4n) is 3.63. The van der Waals surface area contributed by atoms with E-state index in [0.29, 0.717) is 18.4 Å². The van der Waals surface area contributed by atoms with E-state index in [2.05, 4.69) is 35.1 Å². The van der Waals surface area contributed by atoms with Crippen LogP contribution in [-0.4, -0.2) is 37.0 Å². The van der Waals surface area contributed by atoms with Crippen molar-refractivity contribution in [3.63, 3.8) is 0 Å². The van der Waals surface area contributed by atoms with Crippen LogP contribution in [0.25, 0.3) is 0 Å². The first-order chi connectivity index (χ1) is 10.8. The monoisotopic (exact) mass is 356 g/mol. The number of amides is 1. The second-order valence-corrected chi connectivity index (χ2v) is 14.0. The van der Waals surface area contributed by atoms with Crippen molar-refractivity contribution in [1.82, 2.24) is 5.32 Å². The molecule has 1 atom stereocenters. The summed E-state index contributed by atoms with van der Waals surface area (Å²) in [6.45, 7) is 7.75. The Labute approximate surface area is 147 Å². The van der Waals surface area contributed by atoms with Crippen molar-refractivity contribution in [2.45, 2.75) is 83.1 Å². The number of thiocarbonyl (C=S) groups is 1. The number of isothiocyanates is 1. The van der Waals surface area contributed by atoms with Gasteiger partial charge in [-0.05, 0) is 49.7 Å². The zero-order valence-electron chi connectivity index (χ0n) is 14.9. The summed E-state index contributed by atoms with van der Waals surface area (Å²) in [5, 5.41) is 13.7. The molecule has 0 aromatic rings. The smallest absolute Gasteiger partial charge is 0.404 e. The summed E-state index contributed by atoms with van der Waals surface area (Å²) in [5.41, 5.74) is 0.377. The third-order valence-electron chi connectivity index (χ3n) is 4.98. The van der Waals surface area contributed by atoms with Gasteiger partial charge in [0.05, 0.1) is 11.2 Å². The van der Waals surface area contributed by atoms with Gasteiger partial charge in [-0.25, -0.2) is 9.79 Å². The normalized spacial score (nSPS) is 18.7. The van der Waals surface area contributed by atoms with Gasteiger partial charge in [-0.15, -0.1) is 0 Å². The van der Waals surface area contributed by atoms with E-state index >= 15 is 0 Å². The third-order valence-corrected chi connectivity index (χ3v) is 6.83. The topological polar surface area (TPSA) is 61.7 Å². The minimum atomic E-state index is -1.05. The molecule has 132 valence electrons. The maximum absolute atomic E-state index is 10.6. The Hall–Kier alpha value is -0.713. The van der Waals surface area contributed by atoms with Gasteiger partial charge >= 0.3 is 6.09 Å². The van der Waals surface area contributed by atoms with E-state index in [1.54, 1.807) is 0 Å². The summed E-state index contributed by atoms with van der Waals surface area (Å²) >= 11 is 4.81. The number of nitrogens with one attached hydrogen (secondary N) is 1. The number of aliphatic imine (C=N–C) groups is 1. The molecular weight excluding hydrogens is 324 g/mol. The van der Waals surface area contributed by atoms with Crippen molar-refractivity contribution >= 4 is 31.5 Å². The molecule has 0 heterocycles. The highest BCUT2D eigenvalue weighted by atomic mass is 32.1. The molecule has 0 aromatic carbocycles. The van der Waals surface area contributed by atoms with Crippen LogP contribution in [0.4, 0.5) is 4.79 Å². The molecule has 2 N–H and O–H groups in total. The largest absolute Gasteiger partial charge is 0.465 e. The highest BCUT2D eigenvalue weighted by Gasteiger charge is 2.35. The summed E-state index contributed by atoms with van der Waals surface area (Å²) in [5.74, 6) is 0. The summed E-state index contributed by atoms with van der Waals surface area (Å²) in [6, 6.07) is 1.45. The Morgan fingerprint density at radius 2 is 2.00 bits per heavy atom. The molecule has 1 aliphatic carbocycles. The van der Waals surface area contributed by atoms with Crippen LogP contribution in [0, 0.1) is 5.41 Å². The Balaban J connectivity index is 2.70. The molecule has 0 radical (unpaired) electrons. The molecule has 1 rings (SSSR count). The van der Waals surface area contributed by atoms with Gasteiger partial charge in [-0.2, -0.15) is 0 Å². The van der Waals surface area contributed by atoms with Crippen LogP contribution in [0.15, 0.2) is 4.99 Å². The zero-order valence-corrected chi connectivity index (χ0v) is 16.7. The lowest BCUT2D eigenvalue weighted by molar-refractivity contribution is 0.150. The van der Waals surface area contributed by atoms with Crippen molar-refractivity contribution in [3.05, 3.63) is 0 Å². The van der Waals surface area contributed by atoms with Crippen LogP contribution in [-0.2, 0) is 0 Å². The summed E-state index contributed by atoms with van der Waals surface area (Å²) in [7, 11) is -1.05. The molecule has 1 unspecified atom stereocenters. The van der Waals surface area contributed by atoms with Crippen LogP contribution in [0.5, 0.6) is 0 Å².